The summed E-state index contributed by atoms with van der Waals surface area (Å²) in [5, 5.41) is 3.43. The van der Waals surface area contributed by atoms with Crippen molar-refractivity contribution in [2.75, 3.05) is 11.9 Å². The number of fused-ring (bicyclic) bond motifs is 1. The number of ether oxygens (including phenoxy) is 1. The first-order valence-electron chi connectivity index (χ1n) is 6.30. The molecule has 18 heavy (non-hydrogen) atoms. The van der Waals surface area contributed by atoms with Gasteiger partial charge in [0.15, 0.2) is 0 Å². The molecule has 0 atom stereocenters. The van der Waals surface area contributed by atoms with Crippen LogP contribution < -0.4 is 10.1 Å². The average Bonchev–Trinajstić information content (AvgIpc) is 2.46. The molecule has 0 saturated heterocycles. The lowest BCUT2D eigenvalue weighted by Crippen LogP contribution is -2.12. The minimum atomic E-state index is 0.584. The predicted molar refractivity (Wildman–Crippen MR) is 71.8 cm³/mol. The molecule has 3 heteroatoms. The van der Waals surface area contributed by atoms with Crippen LogP contribution in [0, 0.1) is 0 Å². The Morgan fingerprint density at radius 1 is 1.28 bits per heavy atom. The number of rotatable bonds is 3. The SMILES string of the molecule is c1cncc(OCc2ccc3c(c2)NCCC3)c1. The van der Waals surface area contributed by atoms with E-state index in [0.29, 0.717) is 6.61 Å². The molecule has 2 aromatic rings. The predicted octanol–water partition coefficient (Wildman–Crippen LogP) is 3.02. The summed E-state index contributed by atoms with van der Waals surface area (Å²) in [5.41, 5.74) is 3.85. The maximum Gasteiger partial charge on any atom is 0.138 e. The molecule has 0 unspecified atom stereocenters. The lowest BCUT2D eigenvalue weighted by Gasteiger charge is -2.18. The van der Waals surface area contributed by atoms with Crippen molar-refractivity contribution in [3.63, 3.8) is 0 Å². The van der Waals surface area contributed by atoms with Gasteiger partial charge in [-0.2, -0.15) is 0 Å². The molecule has 3 rings (SSSR count). The molecule has 1 aliphatic heterocycles. The molecule has 3 nitrogen and oxygen atoms in total. The van der Waals surface area contributed by atoms with Crippen LogP contribution in [0.15, 0.2) is 42.7 Å². The van der Waals surface area contributed by atoms with Gasteiger partial charge in [-0.25, -0.2) is 0 Å². The van der Waals surface area contributed by atoms with E-state index in [2.05, 4.69) is 28.5 Å². The monoisotopic (exact) mass is 240 g/mol. The van der Waals surface area contributed by atoms with Gasteiger partial charge in [0.05, 0.1) is 6.20 Å². The van der Waals surface area contributed by atoms with E-state index in [1.54, 1.807) is 12.4 Å². The Kier molecular flexibility index (Phi) is 3.13. The van der Waals surface area contributed by atoms with E-state index in [9.17, 15) is 0 Å². The molecule has 0 aliphatic carbocycles. The van der Waals surface area contributed by atoms with Crippen LogP contribution in [0.3, 0.4) is 0 Å². The van der Waals surface area contributed by atoms with Crippen molar-refractivity contribution in [2.24, 2.45) is 0 Å². The molecule has 0 spiro atoms. The van der Waals surface area contributed by atoms with E-state index in [1.807, 2.05) is 12.1 Å². The number of hydrogen-bond acceptors (Lipinski definition) is 3. The van der Waals surface area contributed by atoms with Crippen molar-refractivity contribution in [3.05, 3.63) is 53.9 Å². The minimum absolute atomic E-state index is 0.584. The van der Waals surface area contributed by atoms with Gasteiger partial charge in [0, 0.05) is 18.4 Å². The summed E-state index contributed by atoms with van der Waals surface area (Å²) in [6.07, 6.45) is 5.87. The molecular weight excluding hydrogens is 224 g/mol. The summed E-state index contributed by atoms with van der Waals surface area (Å²) in [7, 11) is 0. The van der Waals surface area contributed by atoms with Crippen LogP contribution in [0.1, 0.15) is 17.5 Å². The third-order valence-corrected chi connectivity index (χ3v) is 3.15. The summed E-state index contributed by atoms with van der Waals surface area (Å²) >= 11 is 0. The van der Waals surface area contributed by atoms with Crippen molar-refractivity contribution in [3.8, 4) is 5.75 Å². The van der Waals surface area contributed by atoms with E-state index in [1.165, 1.54) is 29.7 Å². The summed E-state index contributed by atoms with van der Waals surface area (Å²) in [6, 6.07) is 10.3. The Balaban J connectivity index is 1.70. The maximum atomic E-state index is 5.69. The molecule has 0 fully saturated rings. The molecule has 0 amide bonds. The zero-order valence-corrected chi connectivity index (χ0v) is 10.2. The molecule has 2 heterocycles. The highest BCUT2D eigenvalue weighted by Gasteiger charge is 2.08. The zero-order valence-electron chi connectivity index (χ0n) is 10.2. The first-order valence-corrected chi connectivity index (χ1v) is 6.30. The Hall–Kier alpha value is -2.03. The second-order valence-electron chi connectivity index (χ2n) is 4.50. The minimum Gasteiger partial charge on any atom is -0.487 e. The molecule has 1 aliphatic rings. The van der Waals surface area contributed by atoms with Gasteiger partial charge >= 0.3 is 0 Å². The fraction of sp³-hybridized carbons (Fsp3) is 0.267. The summed E-state index contributed by atoms with van der Waals surface area (Å²) in [5.74, 6) is 0.808. The van der Waals surface area contributed by atoms with E-state index >= 15 is 0 Å². The fourth-order valence-corrected chi connectivity index (χ4v) is 2.20. The Morgan fingerprint density at radius 3 is 3.17 bits per heavy atom. The normalized spacial score (nSPS) is 13.6. The van der Waals surface area contributed by atoms with Gasteiger partial charge in [0.1, 0.15) is 12.4 Å². The van der Waals surface area contributed by atoms with Crippen LogP contribution >= 0.6 is 0 Å². The highest BCUT2D eigenvalue weighted by molar-refractivity contribution is 5.54. The fourth-order valence-electron chi connectivity index (χ4n) is 2.20. The Morgan fingerprint density at radius 2 is 2.28 bits per heavy atom. The van der Waals surface area contributed by atoms with Gasteiger partial charge in [-0.05, 0) is 42.2 Å². The number of hydrogen-bond donors (Lipinski definition) is 1. The van der Waals surface area contributed by atoms with Crippen molar-refractivity contribution in [1.29, 1.82) is 0 Å². The van der Waals surface area contributed by atoms with Crippen LogP contribution in [0.5, 0.6) is 5.75 Å². The van der Waals surface area contributed by atoms with Crippen molar-refractivity contribution in [1.82, 2.24) is 4.98 Å². The van der Waals surface area contributed by atoms with Crippen LogP contribution in [-0.2, 0) is 13.0 Å². The largest absolute Gasteiger partial charge is 0.487 e. The summed E-state index contributed by atoms with van der Waals surface area (Å²) in [4.78, 5) is 4.03. The second kappa shape index (κ2) is 5.08. The molecule has 1 aromatic heterocycles. The first-order chi connectivity index (χ1) is 8.92. The first kappa shape index (κ1) is 11.1. The number of benzene rings is 1. The standard InChI is InChI=1S/C15H16N2O/c1-3-13-6-5-12(9-15(13)17-8-1)11-18-14-4-2-7-16-10-14/h2,4-7,9-10,17H,1,3,8,11H2. The molecule has 0 radical (unpaired) electrons. The number of pyridine rings is 1. The number of anilines is 1. The van der Waals surface area contributed by atoms with Gasteiger partial charge in [-0.3, -0.25) is 4.98 Å². The van der Waals surface area contributed by atoms with Crippen molar-refractivity contribution >= 4 is 5.69 Å². The molecule has 92 valence electrons. The van der Waals surface area contributed by atoms with Gasteiger partial charge in [-0.1, -0.05) is 12.1 Å². The van der Waals surface area contributed by atoms with Crippen LogP contribution in [-0.4, -0.2) is 11.5 Å². The zero-order chi connectivity index (χ0) is 12.2. The Bertz CT molecular complexity index is 525. The molecule has 1 N–H and O–H groups in total. The lowest BCUT2D eigenvalue weighted by molar-refractivity contribution is 0.305. The average molecular weight is 240 g/mol. The molecule has 0 saturated carbocycles. The topological polar surface area (TPSA) is 34.1 Å². The lowest BCUT2D eigenvalue weighted by atomic mass is 10.0. The van der Waals surface area contributed by atoms with Crippen molar-refractivity contribution < 1.29 is 4.74 Å². The molecule has 1 aromatic carbocycles. The van der Waals surface area contributed by atoms with E-state index in [-0.39, 0.29) is 0 Å². The van der Waals surface area contributed by atoms with E-state index in [0.717, 1.165) is 12.3 Å². The van der Waals surface area contributed by atoms with Gasteiger partial charge in [0.25, 0.3) is 0 Å². The third kappa shape index (κ3) is 2.45. The number of aromatic nitrogens is 1. The molecular formula is C15H16N2O. The quantitative estimate of drug-likeness (QED) is 0.895. The van der Waals surface area contributed by atoms with Crippen LogP contribution in [0.2, 0.25) is 0 Å². The van der Waals surface area contributed by atoms with Gasteiger partial charge in [0.2, 0.25) is 0 Å². The van der Waals surface area contributed by atoms with Crippen molar-refractivity contribution in [2.45, 2.75) is 19.4 Å². The van der Waals surface area contributed by atoms with E-state index < -0.39 is 0 Å². The number of aryl methyl sites for hydroxylation is 1. The second-order valence-corrected chi connectivity index (χ2v) is 4.50. The van der Waals surface area contributed by atoms with Gasteiger partial charge < -0.3 is 10.1 Å². The highest BCUT2D eigenvalue weighted by Crippen LogP contribution is 2.23. The van der Waals surface area contributed by atoms with Gasteiger partial charge in [-0.15, -0.1) is 0 Å². The maximum absolute atomic E-state index is 5.69. The molecule has 0 bridgehead atoms. The summed E-state index contributed by atoms with van der Waals surface area (Å²) in [6.45, 7) is 1.65. The van der Waals surface area contributed by atoms with Crippen LogP contribution in [0.25, 0.3) is 0 Å². The summed E-state index contributed by atoms with van der Waals surface area (Å²) < 4.78 is 5.69. The van der Waals surface area contributed by atoms with Crippen LogP contribution in [0.4, 0.5) is 5.69 Å². The third-order valence-electron chi connectivity index (χ3n) is 3.15. The Labute approximate surface area is 107 Å². The highest BCUT2D eigenvalue weighted by atomic mass is 16.5. The smallest absolute Gasteiger partial charge is 0.138 e. The number of nitrogens with one attached hydrogen (secondary N) is 1. The number of nitrogens with zero attached hydrogens (tertiary/aromatic N) is 1. The van der Waals surface area contributed by atoms with E-state index in [4.69, 9.17) is 4.74 Å².